The minimum Gasteiger partial charge on any atom is -0.330 e. The summed E-state index contributed by atoms with van der Waals surface area (Å²) in [6.45, 7) is 2.63. The van der Waals surface area contributed by atoms with E-state index >= 15 is 0 Å². The molecule has 0 aliphatic rings. The Morgan fingerprint density at radius 2 is 2.33 bits per heavy atom. The summed E-state index contributed by atoms with van der Waals surface area (Å²) < 4.78 is 11.6. The van der Waals surface area contributed by atoms with Crippen molar-refractivity contribution in [2.75, 3.05) is 18.1 Å². The molecule has 0 bridgehead atoms. The van der Waals surface area contributed by atoms with Gasteiger partial charge >= 0.3 is 0 Å². The lowest BCUT2D eigenvalue weighted by Gasteiger charge is -2.07. The SMILES string of the molecule is CC(CN)CS(=O)CCc1ccccn1. The van der Waals surface area contributed by atoms with Gasteiger partial charge in [0.1, 0.15) is 0 Å². The van der Waals surface area contributed by atoms with E-state index < -0.39 is 10.8 Å². The lowest BCUT2D eigenvalue weighted by molar-refractivity contribution is 0.640. The molecule has 0 aliphatic carbocycles. The summed E-state index contributed by atoms with van der Waals surface area (Å²) in [5.41, 5.74) is 6.49. The highest BCUT2D eigenvalue weighted by Crippen LogP contribution is 2.00. The zero-order chi connectivity index (χ0) is 11.1. The summed E-state index contributed by atoms with van der Waals surface area (Å²) in [5, 5.41) is 0. The summed E-state index contributed by atoms with van der Waals surface area (Å²) >= 11 is 0. The molecule has 84 valence electrons. The van der Waals surface area contributed by atoms with E-state index in [2.05, 4.69) is 4.98 Å². The van der Waals surface area contributed by atoms with Crippen molar-refractivity contribution in [1.82, 2.24) is 4.98 Å². The van der Waals surface area contributed by atoms with Crippen LogP contribution in [0.15, 0.2) is 24.4 Å². The summed E-state index contributed by atoms with van der Waals surface area (Å²) in [6.07, 6.45) is 2.55. The molecule has 0 saturated heterocycles. The molecule has 4 heteroatoms. The van der Waals surface area contributed by atoms with E-state index in [-0.39, 0.29) is 0 Å². The Balaban J connectivity index is 2.29. The molecule has 2 atom stereocenters. The number of nitrogens with zero attached hydrogens (tertiary/aromatic N) is 1. The van der Waals surface area contributed by atoms with Crippen molar-refractivity contribution in [2.45, 2.75) is 13.3 Å². The van der Waals surface area contributed by atoms with E-state index in [1.54, 1.807) is 6.20 Å². The lowest BCUT2D eigenvalue weighted by Crippen LogP contribution is -2.19. The molecule has 2 unspecified atom stereocenters. The van der Waals surface area contributed by atoms with Gasteiger partial charge in [-0.1, -0.05) is 13.0 Å². The van der Waals surface area contributed by atoms with Crippen LogP contribution < -0.4 is 5.73 Å². The first kappa shape index (κ1) is 12.3. The van der Waals surface area contributed by atoms with Crippen LogP contribution in [0.4, 0.5) is 0 Å². The highest BCUT2D eigenvalue weighted by atomic mass is 32.2. The first-order chi connectivity index (χ1) is 7.22. The van der Waals surface area contributed by atoms with Gasteiger partial charge in [-0.25, -0.2) is 0 Å². The molecule has 1 aromatic heterocycles. The van der Waals surface area contributed by atoms with Crippen LogP contribution in [-0.2, 0) is 17.2 Å². The number of hydrogen-bond acceptors (Lipinski definition) is 3. The number of aryl methyl sites for hydroxylation is 1. The van der Waals surface area contributed by atoms with Crippen molar-refractivity contribution in [3.63, 3.8) is 0 Å². The maximum Gasteiger partial charge on any atom is 0.0412 e. The fourth-order valence-electron chi connectivity index (χ4n) is 1.23. The highest BCUT2D eigenvalue weighted by Gasteiger charge is 2.06. The van der Waals surface area contributed by atoms with Crippen molar-refractivity contribution in [3.05, 3.63) is 30.1 Å². The molecule has 0 spiro atoms. The second-order valence-corrected chi connectivity index (χ2v) is 5.34. The third-order valence-corrected chi connectivity index (χ3v) is 3.79. The topological polar surface area (TPSA) is 56.0 Å². The summed E-state index contributed by atoms with van der Waals surface area (Å²) in [7, 11) is -0.770. The van der Waals surface area contributed by atoms with Crippen LogP contribution in [-0.4, -0.2) is 27.2 Å². The zero-order valence-corrected chi connectivity index (χ0v) is 9.87. The molecule has 2 N–H and O–H groups in total. The first-order valence-corrected chi connectivity index (χ1v) is 6.66. The van der Waals surface area contributed by atoms with Crippen molar-refractivity contribution in [2.24, 2.45) is 11.7 Å². The molecule has 0 saturated carbocycles. The average molecular weight is 226 g/mol. The van der Waals surface area contributed by atoms with E-state index in [1.165, 1.54) is 0 Å². The van der Waals surface area contributed by atoms with Gasteiger partial charge in [-0.05, 0) is 24.6 Å². The third kappa shape index (κ3) is 5.04. The standard InChI is InChI=1S/C11H18N2OS/c1-10(8-12)9-15(14)7-5-11-4-2-3-6-13-11/h2-4,6,10H,5,7-9,12H2,1H3. The van der Waals surface area contributed by atoms with E-state index in [0.29, 0.717) is 24.0 Å². The van der Waals surface area contributed by atoms with Gasteiger partial charge in [-0.2, -0.15) is 0 Å². The first-order valence-electron chi connectivity index (χ1n) is 5.17. The minimum absolute atomic E-state index is 0.342. The molecule has 3 nitrogen and oxygen atoms in total. The maximum absolute atomic E-state index is 11.6. The number of pyridine rings is 1. The summed E-state index contributed by atoms with van der Waals surface area (Å²) in [5.74, 6) is 1.72. The molecule has 0 radical (unpaired) electrons. The van der Waals surface area contributed by atoms with E-state index in [4.69, 9.17) is 5.73 Å². The monoisotopic (exact) mass is 226 g/mol. The third-order valence-electron chi connectivity index (χ3n) is 2.18. The van der Waals surface area contributed by atoms with Gasteiger partial charge in [0.05, 0.1) is 0 Å². The number of rotatable bonds is 6. The van der Waals surface area contributed by atoms with Crippen LogP contribution in [0, 0.1) is 5.92 Å². The van der Waals surface area contributed by atoms with Gasteiger partial charge in [-0.15, -0.1) is 0 Å². The van der Waals surface area contributed by atoms with Crippen LogP contribution in [0.5, 0.6) is 0 Å². The largest absolute Gasteiger partial charge is 0.330 e. The average Bonchev–Trinajstić information content (AvgIpc) is 2.27. The van der Waals surface area contributed by atoms with Crippen molar-refractivity contribution >= 4 is 10.8 Å². The molecular formula is C11H18N2OS. The second kappa shape index (κ2) is 6.69. The summed E-state index contributed by atoms with van der Waals surface area (Å²) in [4.78, 5) is 4.19. The Hall–Kier alpha value is -0.740. The second-order valence-electron chi connectivity index (χ2n) is 3.72. The van der Waals surface area contributed by atoms with Crippen molar-refractivity contribution in [3.8, 4) is 0 Å². The number of aromatic nitrogens is 1. The predicted molar refractivity (Wildman–Crippen MR) is 64.0 cm³/mol. The summed E-state index contributed by atoms with van der Waals surface area (Å²) in [6, 6.07) is 5.80. The van der Waals surface area contributed by atoms with Gasteiger partial charge < -0.3 is 5.73 Å². The smallest absolute Gasteiger partial charge is 0.0412 e. The fraction of sp³-hybridized carbons (Fsp3) is 0.545. The van der Waals surface area contributed by atoms with Gasteiger partial charge in [0, 0.05) is 40.6 Å². The van der Waals surface area contributed by atoms with Gasteiger partial charge in [0.2, 0.25) is 0 Å². The predicted octanol–water partition coefficient (Wildman–Crippen LogP) is 0.968. The highest BCUT2D eigenvalue weighted by molar-refractivity contribution is 7.84. The molecule has 15 heavy (non-hydrogen) atoms. The Morgan fingerprint density at radius 3 is 2.93 bits per heavy atom. The number of nitrogens with two attached hydrogens (primary N) is 1. The van der Waals surface area contributed by atoms with Gasteiger partial charge in [-0.3, -0.25) is 9.19 Å². The zero-order valence-electron chi connectivity index (χ0n) is 9.06. The Kier molecular flexibility index (Phi) is 5.50. The molecular weight excluding hydrogens is 208 g/mol. The Labute approximate surface area is 93.6 Å². The Bertz CT molecular complexity index is 303. The van der Waals surface area contributed by atoms with Crippen molar-refractivity contribution < 1.29 is 4.21 Å². The van der Waals surface area contributed by atoms with Crippen LogP contribution in [0.2, 0.25) is 0 Å². The molecule has 0 aliphatic heterocycles. The van der Waals surface area contributed by atoms with Crippen molar-refractivity contribution in [1.29, 1.82) is 0 Å². The van der Waals surface area contributed by atoms with Crippen LogP contribution in [0.3, 0.4) is 0 Å². The van der Waals surface area contributed by atoms with Crippen LogP contribution in [0.25, 0.3) is 0 Å². The minimum atomic E-state index is -0.770. The van der Waals surface area contributed by atoms with E-state index in [0.717, 1.165) is 12.1 Å². The van der Waals surface area contributed by atoms with E-state index in [1.807, 2.05) is 25.1 Å². The Morgan fingerprint density at radius 1 is 1.53 bits per heavy atom. The van der Waals surface area contributed by atoms with Gasteiger partial charge in [0.15, 0.2) is 0 Å². The maximum atomic E-state index is 11.6. The lowest BCUT2D eigenvalue weighted by atomic mass is 10.2. The van der Waals surface area contributed by atoms with Crippen LogP contribution >= 0.6 is 0 Å². The molecule has 0 amide bonds. The van der Waals surface area contributed by atoms with E-state index in [9.17, 15) is 4.21 Å². The normalized spacial score (nSPS) is 14.8. The molecule has 0 fully saturated rings. The van der Waals surface area contributed by atoms with Gasteiger partial charge in [0.25, 0.3) is 0 Å². The molecule has 1 aromatic rings. The molecule has 0 aromatic carbocycles. The molecule has 1 rings (SSSR count). The van der Waals surface area contributed by atoms with Crippen LogP contribution in [0.1, 0.15) is 12.6 Å². The quantitative estimate of drug-likeness (QED) is 0.786. The fourth-order valence-corrected chi connectivity index (χ4v) is 2.61. The molecule has 1 heterocycles. The number of hydrogen-bond donors (Lipinski definition) is 1.